The van der Waals surface area contributed by atoms with Crippen LogP contribution in [0.2, 0.25) is 5.02 Å². The Labute approximate surface area is 154 Å². The predicted molar refractivity (Wildman–Crippen MR) is 98.5 cm³/mol. The number of rotatable bonds is 6. The van der Waals surface area contributed by atoms with Crippen LogP contribution in [0.1, 0.15) is 56.6 Å². The van der Waals surface area contributed by atoms with Gasteiger partial charge in [0.05, 0.1) is 10.7 Å². The van der Waals surface area contributed by atoms with Gasteiger partial charge in [0.1, 0.15) is 5.54 Å². The number of aromatic nitrogens is 1. The number of carbonyl (C=O) groups excluding carboxylic acids is 1. The van der Waals surface area contributed by atoms with Gasteiger partial charge in [-0.1, -0.05) is 11.6 Å². The van der Waals surface area contributed by atoms with Crippen LogP contribution in [-0.4, -0.2) is 36.2 Å². The van der Waals surface area contributed by atoms with E-state index in [1.165, 1.54) is 12.8 Å². The Hall–Kier alpha value is -1.17. The van der Waals surface area contributed by atoms with Gasteiger partial charge in [-0.05, 0) is 69.5 Å². The van der Waals surface area contributed by atoms with Gasteiger partial charge < -0.3 is 15.8 Å². The number of hydrogen-bond donors (Lipinski definition) is 2. The SMILES string of the molecule is NC(=O)C1(NCC[C@H]2CC[C@H](c3ncccc3Cl)CC2)CCOCC1. The third kappa shape index (κ3) is 4.52. The van der Waals surface area contributed by atoms with E-state index in [1.807, 2.05) is 18.3 Å². The van der Waals surface area contributed by atoms with Crippen LogP contribution in [0.5, 0.6) is 0 Å². The summed E-state index contributed by atoms with van der Waals surface area (Å²) >= 11 is 6.28. The topological polar surface area (TPSA) is 77.2 Å². The van der Waals surface area contributed by atoms with Crippen molar-refractivity contribution in [3.8, 4) is 0 Å². The molecule has 0 spiro atoms. The first-order chi connectivity index (χ1) is 12.1. The highest BCUT2D eigenvalue weighted by molar-refractivity contribution is 6.31. The zero-order valence-corrected chi connectivity index (χ0v) is 15.4. The van der Waals surface area contributed by atoms with E-state index in [1.54, 1.807) is 0 Å². The maximum Gasteiger partial charge on any atom is 0.237 e. The third-order valence-corrected chi connectivity index (χ3v) is 6.17. The number of nitrogens with two attached hydrogens (primary N) is 1. The molecule has 3 rings (SSSR count). The molecule has 5 nitrogen and oxygen atoms in total. The molecule has 2 fully saturated rings. The minimum Gasteiger partial charge on any atom is -0.381 e. The van der Waals surface area contributed by atoms with Gasteiger partial charge in [0.2, 0.25) is 5.91 Å². The van der Waals surface area contributed by atoms with E-state index in [4.69, 9.17) is 22.1 Å². The summed E-state index contributed by atoms with van der Waals surface area (Å²) in [6.45, 7) is 2.04. The van der Waals surface area contributed by atoms with Gasteiger partial charge in [-0.2, -0.15) is 0 Å². The molecular weight excluding hydrogens is 338 g/mol. The average molecular weight is 366 g/mol. The summed E-state index contributed by atoms with van der Waals surface area (Å²) in [5, 5.41) is 4.23. The van der Waals surface area contributed by atoms with Gasteiger partial charge >= 0.3 is 0 Å². The molecule has 1 aromatic heterocycles. The number of halogens is 1. The molecule has 3 N–H and O–H groups in total. The van der Waals surface area contributed by atoms with E-state index in [0.29, 0.717) is 37.9 Å². The van der Waals surface area contributed by atoms with Crippen LogP contribution >= 0.6 is 11.6 Å². The number of nitrogens with one attached hydrogen (secondary N) is 1. The quantitative estimate of drug-likeness (QED) is 0.812. The Morgan fingerprint density at radius 2 is 2.04 bits per heavy atom. The molecule has 0 radical (unpaired) electrons. The second-order valence-electron chi connectivity index (χ2n) is 7.36. The van der Waals surface area contributed by atoms with Crippen molar-refractivity contribution in [3.63, 3.8) is 0 Å². The van der Waals surface area contributed by atoms with Crippen LogP contribution in [0.15, 0.2) is 18.3 Å². The number of ether oxygens (including phenoxy) is 1. The largest absolute Gasteiger partial charge is 0.381 e. The Kier molecular flexibility index (Phi) is 6.31. The smallest absolute Gasteiger partial charge is 0.237 e. The van der Waals surface area contributed by atoms with Crippen molar-refractivity contribution in [1.29, 1.82) is 0 Å². The number of nitrogens with zero attached hydrogens (tertiary/aromatic N) is 1. The van der Waals surface area contributed by atoms with E-state index in [0.717, 1.165) is 36.5 Å². The number of primary amides is 1. The molecule has 2 heterocycles. The molecule has 25 heavy (non-hydrogen) atoms. The minimum absolute atomic E-state index is 0.246. The lowest BCUT2D eigenvalue weighted by Gasteiger charge is -2.36. The second-order valence-corrected chi connectivity index (χ2v) is 7.77. The van der Waals surface area contributed by atoms with Crippen molar-refractivity contribution in [1.82, 2.24) is 10.3 Å². The summed E-state index contributed by atoms with van der Waals surface area (Å²) in [4.78, 5) is 16.3. The highest BCUT2D eigenvalue weighted by atomic mass is 35.5. The van der Waals surface area contributed by atoms with Crippen molar-refractivity contribution in [2.24, 2.45) is 11.7 Å². The summed E-state index contributed by atoms with van der Waals surface area (Å²) in [6, 6.07) is 3.81. The zero-order chi connectivity index (χ0) is 17.7. The number of carbonyl (C=O) groups is 1. The van der Waals surface area contributed by atoms with Gasteiger partial charge in [-0.3, -0.25) is 9.78 Å². The van der Waals surface area contributed by atoms with Crippen molar-refractivity contribution >= 4 is 17.5 Å². The molecular formula is C19H28ClN3O2. The highest BCUT2D eigenvalue weighted by Crippen LogP contribution is 2.38. The molecule has 6 heteroatoms. The van der Waals surface area contributed by atoms with Crippen LogP contribution in [0.3, 0.4) is 0 Å². The van der Waals surface area contributed by atoms with Gasteiger partial charge in [0.15, 0.2) is 0 Å². The zero-order valence-electron chi connectivity index (χ0n) is 14.7. The van der Waals surface area contributed by atoms with Gasteiger partial charge in [-0.15, -0.1) is 0 Å². The third-order valence-electron chi connectivity index (χ3n) is 5.85. The molecule has 1 saturated heterocycles. The lowest BCUT2D eigenvalue weighted by atomic mass is 9.79. The molecule has 0 aromatic carbocycles. The Morgan fingerprint density at radius 1 is 1.32 bits per heavy atom. The van der Waals surface area contributed by atoms with Gasteiger partial charge in [-0.25, -0.2) is 0 Å². The Balaban J connectivity index is 1.45. The number of amides is 1. The normalized spacial score (nSPS) is 26.3. The molecule has 138 valence electrons. The molecule has 1 aromatic rings. The monoisotopic (exact) mass is 365 g/mol. The first kappa shape index (κ1) is 18.6. The van der Waals surface area contributed by atoms with Gasteiger partial charge in [0, 0.05) is 25.3 Å². The fourth-order valence-electron chi connectivity index (χ4n) is 4.17. The lowest BCUT2D eigenvalue weighted by Crippen LogP contribution is -2.58. The second kappa shape index (κ2) is 8.47. The molecule has 2 aliphatic rings. The first-order valence-electron chi connectivity index (χ1n) is 9.34. The van der Waals surface area contributed by atoms with E-state index < -0.39 is 5.54 Å². The Bertz CT molecular complexity index is 582. The van der Waals surface area contributed by atoms with Crippen molar-refractivity contribution in [2.75, 3.05) is 19.8 Å². The molecule has 1 aliphatic carbocycles. The summed E-state index contributed by atoms with van der Waals surface area (Å²) < 4.78 is 5.37. The highest BCUT2D eigenvalue weighted by Gasteiger charge is 2.38. The maximum atomic E-state index is 11.9. The minimum atomic E-state index is -0.572. The summed E-state index contributed by atoms with van der Waals surface area (Å²) in [5.41, 5.74) is 6.12. The molecule has 1 saturated carbocycles. The molecule has 0 atom stereocenters. The fourth-order valence-corrected chi connectivity index (χ4v) is 4.44. The first-order valence-corrected chi connectivity index (χ1v) is 9.71. The van der Waals surface area contributed by atoms with Crippen molar-refractivity contribution in [2.45, 2.75) is 56.4 Å². The standard InChI is InChI=1S/C19H28ClN3O2/c20-16-2-1-10-22-17(16)15-5-3-14(4-6-15)7-11-23-19(18(21)24)8-12-25-13-9-19/h1-2,10,14-15,23H,3-9,11-13H2,(H2,21,24)/t14-,15-. The van der Waals surface area contributed by atoms with E-state index in [2.05, 4.69) is 10.3 Å². The van der Waals surface area contributed by atoms with Crippen LogP contribution in [-0.2, 0) is 9.53 Å². The number of pyridine rings is 1. The summed E-state index contributed by atoms with van der Waals surface area (Å²) in [5.74, 6) is 0.922. The van der Waals surface area contributed by atoms with Gasteiger partial charge in [0.25, 0.3) is 0 Å². The van der Waals surface area contributed by atoms with Crippen LogP contribution in [0.4, 0.5) is 0 Å². The van der Waals surface area contributed by atoms with E-state index in [-0.39, 0.29) is 5.91 Å². The van der Waals surface area contributed by atoms with Crippen LogP contribution in [0, 0.1) is 5.92 Å². The Morgan fingerprint density at radius 3 is 2.68 bits per heavy atom. The van der Waals surface area contributed by atoms with Crippen LogP contribution < -0.4 is 11.1 Å². The lowest BCUT2D eigenvalue weighted by molar-refractivity contribution is -0.128. The van der Waals surface area contributed by atoms with Crippen molar-refractivity contribution < 1.29 is 9.53 Å². The molecule has 1 amide bonds. The molecule has 0 unspecified atom stereocenters. The summed E-state index contributed by atoms with van der Waals surface area (Å²) in [7, 11) is 0. The van der Waals surface area contributed by atoms with E-state index >= 15 is 0 Å². The van der Waals surface area contributed by atoms with Crippen LogP contribution in [0.25, 0.3) is 0 Å². The molecule has 0 bridgehead atoms. The maximum absolute atomic E-state index is 11.9. The average Bonchev–Trinajstić information content (AvgIpc) is 2.63. The van der Waals surface area contributed by atoms with Crippen molar-refractivity contribution in [3.05, 3.63) is 29.0 Å². The van der Waals surface area contributed by atoms with E-state index in [9.17, 15) is 4.79 Å². The molecule has 1 aliphatic heterocycles. The predicted octanol–water partition coefficient (Wildman–Crippen LogP) is 3.02. The summed E-state index contributed by atoms with van der Waals surface area (Å²) in [6.07, 6.45) is 8.90. The number of hydrogen-bond acceptors (Lipinski definition) is 4. The fraction of sp³-hybridized carbons (Fsp3) is 0.684.